The first-order chi connectivity index (χ1) is 19.8. The van der Waals surface area contributed by atoms with E-state index in [4.69, 9.17) is 23.4 Å². The SMILES string of the molecule is COc1cccc([C@@H]2CC(=O)Oc3c(C(C)=O)c(O)c4c(C)cc(=O)oc4c32)c1OCCc1ccc2c(c1)CCO2. The zero-order valence-electron chi connectivity index (χ0n) is 22.9. The Morgan fingerprint density at radius 1 is 1.15 bits per heavy atom. The number of ketones is 1. The van der Waals surface area contributed by atoms with Crippen molar-refractivity contribution < 1.29 is 38.1 Å². The van der Waals surface area contributed by atoms with Crippen LogP contribution in [0.3, 0.4) is 0 Å². The molecule has 9 nitrogen and oxygen atoms in total. The van der Waals surface area contributed by atoms with Gasteiger partial charge >= 0.3 is 11.6 Å². The summed E-state index contributed by atoms with van der Waals surface area (Å²) in [6, 6.07) is 12.7. The number of benzene rings is 3. The number of ether oxygens (including phenoxy) is 4. The van der Waals surface area contributed by atoms with Crippen molar-refractivity contribution in [1.29, 1.82) is 0 Å². The normalized spacial score (nSPS) is 15.6. The molecule has 0 fully saturated rings. The minimum absolute atomic E-state index is 0.0547. The van der Waals surface area contributed by atoms with E-state index in [0.29, 0.717) is 47.8 Å². The Balaban J connectivity index is 1.47. The molecule has 3 aromatic carbocycles. The topological polar surface area (TPSA) is 122 Å². The van der Waals surface area contributed by atoms with Gasteiger partial charge in [-0.2, -0.15) is 0 Å². The van der Waals surface area contributed by atoms with Crippen molar-refractivity contribution in [3.8, 4) is 28.7 Å². The highest BCUT2D eigenvalue weighted by atomic mass is 16.5. The number of rotatable bonds is 7. The number of aryl methyl sites for hydroxylation is 1. The van der Waals surface area contributed by atoms with Crippen molar-refractivity contribution in [2.45, 2.75) is 39.0 Å². The molecule has 3 heterocycles. The maximum absolute atomic E-state index is 12.9. The molecule has 210 valence electrons. The number of carbonyl (C=O) groups excluding carboxylic acids is 2. The van der Waals surface area contributed by atoms with Gasteiger partial charge in [-0.1, -0.05) is 24.3 Å². The summed E-state index contributed by atoms with van der Waals surface area (Å²) in [6.07, 6.45) is 1.38. The largest absolute Gasteiger partial charge is 0.506 e. The number of aromatic hydroxyl groups is 1. The van der Waals surface area contributed by atoms with Crippen LogP contribution in [0.1, 0.15) is 57.4 Å². The predicted octanol–water partition coefficient (Wildman–Crippen LogP) is 5.02. The second-order valence-corrected chi connectivity index (χ2v) is 10.2. The first kappa shape index (κ1) is 26.4. The van der Waals surface area contributed by atoms with Gasteiger partial charge in [0.2, 0.25) is 0 Å². The number of phenolic OH excluding ortho intramolecular Hbond substituents is 1. The molecule has 0 aliphatic carbocycles. The number of hydrogen-bond acceptors (Lipinski definition) is 9. The quantitative estimate of drug-likeness (QED) is 0.145. The molecule has 1 atom stereocenters. The van der Waals surface area contributed by atoms with Crippen molar-refractivity contribution in [3.05, 3.63) is 86.3 Å². The van der Waals surface area contributed by atoms with Gasteiger partial charge < -0.3 is 28.5 Å². The molecular weight excluding hydrogens is 528 g/mol. The summed E-state index contributed by atoms with van der Waals surface area (Å²) in [5.41, 5.74) is 2.89. The minimum atomic E-state index is -0.723. The highest BCUT2D eigenvalue weighted by Gasteiger charge is 2.39. The first-order valence-corrected chi connectivity index (χ1v) is 13.4. The van der Waals surface area contributed by atoms with Gasteiger partial charge in [-0.25, -0.2) is 4.79 Å². The van der Waals surface area contributed by atoms with Crippen molar-refractivity contribution in [2.75, 3.05) is 20.3 Å². The molecule has 1 N–H and O–H groups in total. The van der Waals surface area contributed by atoms with Crippen LogP contribution in [0.4, 0.5) is 0 Å². The third-order valence-corrected chi connectivity index (χ3v) is 7.63. The third kappa shape index (κ3) is 4.57. The van der Waals surface area contributed by atoms with Crippen LogP contribution in [0.25, 0.3) is 11.0 Å². The monoisotopic (exact) mass is 556 g/mol. The van der Waals surface area contributed by atoms with Gasteiger partial charge in [0, 0.05) is 36.0 Å². The molecule has 0 unspecified atom stereocenters. The van der Waals surface area contributed by atoms with E-state index in [1.54, 1.807) is 25.1 Å². The minimum Gasteiger partial charge on any atom is -0.506 e. The van der Waals surface area contributed by atoms with Crippen molar-refractivity contribution >= 4 is 22.7 Å². The lowest BCUT2D eigenvalue weighted by molar-refractivity contribution is -0.135. The van der Waals surface area contributed by atoms with Gasteiger partial charge in [0.25, 0.3) is 0 Å². The summed E-state index contributed by atoms with van der Waals surface area (Å²) in [4.78, 5) is 38.1. The van der Waals surface area contributed by atoms with Crippen molar-refractivity contribution in [3.63, 3.8) is 0 Å². The van der Waals surface area contributed by atoms with Crippen molar-refractivity contribution in [2.24, 2.45) is 0 Å². The van der Waals surface area contributed by atoms with Crippen LogP contribution in [0.15, 0.2) is 51.7 Å². The molecule has 4 aromatic rings. The Labute approximate surface area is 235 Å². The summed E-state index contributed by atoms with van der Waals surface area (Å²) < 4.78 is 28.7. The molecule has 41 heavy (non-hydrogen) atoms. The average molecular weight is 557 g/mol. The number of fused-ring (bicyclic) bond motifs is 4. The van der Waals surface area contributed by atoms with E-state index in [-0.39, 0.29) is 28.7 Å². The first-order valence-electron chi connectivity index (χ1n) is 13.4. The summed E-state index contributed by atoms with van der Waals surface area (Å²) in [7, 11) is 1.53. The molecule has 0 amide bonds. The van der Waals surface area contributed by atoms with Crippen LogP contribution in [-0.2, 0) is 17.6 Å². The van der Waals surface area contributed by atoms with E-state index in [2.05, 4.69) is 6.07 Å². The predicted molar refractivity (Wildman–Crippen MR) is 149 cm³/mol. The fraction of sp³-hybridized carbons (Fsp3) is 0.281. The lowest BCUT2D eigenvalue weighted by Crippen LogP contribution is -2.24. The lowest BCUT2D eigenvalue weighted by Gasteiger charge is -2.29. The Hall–Kier alpha value is -4.79. The number of Topliss-reactive ketones (excluding diaryl/α,β-unsaturated/α-hetero) is 1. The summed E-state index contributed by atoms with van der Waals surface area (Å²) in [5, 5.41) is 11.3. The Morgan fingerprint density at radius 3 is 2.76 bits per heavy atom. The maximum Gasteiger partial charge on any atom is 0.336 e. The number of hydrogen-bond donors (Lipinski definition) is 1. The van der Waals surface area contributed by atoms with Gasteiger partial charge in [0.15, 0.2) is 23.0 Å². The van der Waals surface area contributed by atoms with E-state index < -0.39 is 29.0 Å². The Bertz CT molecular complexity index is 1780. The molecule has 9 heteroatoms. The summed E-state index contributed by atoms with van der Waals surface area (Å²) in [5.74, 6) is -0.554. The fourth-order valence-electron chi connectivity index (χ4n) is 5.79. The van der Waals surface area contributed by atoms with Gasteiger partial charge in [-0.05, 0) is 42.7 Å². The second-order valence-electron chi connectivity index (χ2n) is 10.2. The molecule has 0 saturated heterocycles. The standard InChI is InChI=1S/C32H28O9/c1-16-13-24(34)40-31-26(16)29(36)27(17(2)33)32-28(31)21(15-25(35)41-32)20-5-4-6-23(37-3)30(20)39-11-9-18-7-8-22-19(14-18)10-12-38-22/h4-8,13-14,21,36H,9-12,15H2,1-3H3/t21-/m0/s1. The molecule has 0 saturated carbocycles. The van der Waals surface area contributed by atoms with E-state index in [9.17, 15) is 19.5 Å². The Morgan fingerprint density at radius 2 is 1.98 bits per heavy atom. The highest BCUT2D eigenvalue weighted by molar-refractivity contribution is 6.09. The van der Waals surface area contributed by atoms with Crippen LogP contribution in [-0.4, -0.2) is 37.2 Å². The van der Waals surface area contributed by atoms with Gasteiger partial charge in [0.05, 0.1) is 32.1 Å². The van der Waals surface area contributed by atoms with Crippen molar-refractivity contribution in [1.82, 2.24) is 0 Å². The molecule has 0 bridgehead atoms. The van der Waals surface area contributed by atoms with Gasteiger partial charge in [0.1, 0.15) is 22.6 Å². The zero-order valence-corrected chi connectivity index (χ0v) is 22.9. The van der Waals surface area contributed by atoms with E-state index in [1.807, 2.05) is 12.1 Å². The van der Waals surface area contributed by atoms with E-state index >= 15 is 0 Å². The highest BCUT2D eigenvalue weighted by Crippen LogP contribution is 2.52. The molecule has 6 rings (SSSR count). The van der Waals surface area contributed by atoms with Crippen LogP contribution >= 0.6 is 0 Å². The smallest absolute Gasteiger partial charge is 0.336 e. The van der Waals surface area contributed by atoms with Crippen LogP contribution in [0.2, 0.25) is 0 Å². The zero-order chi connectivity index (χ0) is 28.8. The maximum atomic E-state index is 12.9. The molecule has 0 spiro atoms. The number of para-hydroxylation sites is 1. The number of phenols is 1. The van der Waals surface area contributed by atoms with Gasteiger partial charge in [-0.3, -0.25) is 9.59 Å². The fourth-order valence-corrected chi connectivity index (χ4v) is 5.79. The number of methoxy groups -OCH3 is 1. The molecule has 2 aliphatic rings. The average Bonchev–Trinajstić information content (AvgIpc) is 3.40. The molecule has 1 aromatic heterocycles. The van der Waals surface area contributed by atoms with E-state index in [0.717, 1.165) is 17.7 Å². The van der Waals surface area contributed by atoms with Crippen LogP contribution in [0.5, 0.6) is 28.7 Å². The Kier molecular flexibility index (Phi) is 6.65. The summed E-state index contributed by atoms with van der Waals surface area (Å²) >= 11 is 0. The van der Waals surface area contributed by atoms with Crippen LogP contribution in [0, 0.1) is 6.92 Å². The molecule has 2 aliphatic heterocycles. The summed E-state index contributed by atoms with van der Waals surface area (Å²) in [6.45, 7) is 3.92. The second kappa shape index (κ2) is 10.3. The molecule has 0 radical (unpaired) electrons. The lowest BCUT2D eigenvalue weighted by atomic mass is 9.82. The number of esters is 1. The molecular formula is C32H28O9. The van der Waals surface area contributed by atoms with E-state index in [1.165, 1.54) is 25.7 Å². The number of carbonyl (C=O) groups is 2. The van der Waals surface area contributed by atoms with Gasteiger partial charge in [-0.15, -0.1) is 0 Å². The van der Waals surface area contributed by atoms with Crippen LogP contribution < -0.4 is 24.6 Å². The third-order valence-electron chi connectivity index (χ3n) is 7.63.